The van der Waals surface area contributed by atoms with E-state index in [2.05, 4.69) is 5.32 Å². The molecular formula is C33H31F6N2O3+. The van der Waals surface area contributed by atoms with E-state index in [9.17, 15) is 36.2 Å². The van der Waals surface area contributed by atoms with Crippen molar-refractivity contribution in [3.63, 3.8) is 0 Å². The highest BCUT2D eigenvalue weighted by atomic mass is 19.4. The Morgan fingerprint density at radius 2 is 1.27 bits per heavy atom. The first-order valence-electron chi connectivity index (χ1n) is 13.8. The largest absolute Gasteiger partial charge is 0.447 e. The first-order chi connectivity index (χ1) is 20.6. The molecule has 1 aromatic heterocycles. The zero-order valence-electron chi connectivity index (χ0n) is 24.1. The third kappa shape index (κ3) is 7.39. The highest BCUT2D eigenvalue weighted by molar-refractivity contribution is 5.84. The molecule has 11 heteroatoms. The summed E-state index contributed by atoms with van der Waals surface area (Å²) in [5.41, 5.74) is -1.39. The third-order valence-electron chi connectivity index (χ3n) is 7.04. The number of benzene rings is 3. The minimum absolute atomic E-state index is 0.0665. The first-order valence-corrected chi connectivity index (χ1v) is 13.8. The molecule has 0 fully saturated rings. The molecule has 0 saturated heterocycles. The number of rotatable bonds is 8. The van der Waals surface area contributed by atoms with E-state index in [1.54, 1.807) is 44.4 Å². The van der Waals surface area contributed by atoms with Crippen molar-refractivity contribution in [3.8, 4) is 0 Å². The minimum Gasteiger partial charge on any atom is -0.447 e. The molecule has 1 heterocycles. The lowest BCUT2D eigenvalue weighted by Crippen LogP contribution is -2.37. The fourth-order valence-electron chi connectivity index (χ4n) is 4.87. The Labute approximate surface area is 250 Å². The lowest BCUT2D eigenvalue weighted by Gasteiger charge is -2.31. The second-order valence-electron chi connectivity index (χ2n) is 10.5. The summed E-state index contributed by atoms with van der Waals surface area (Å²) in [5.74, 6) is 0. The normalized spacial score (nSPS) is 12.3. The topological polar surface area (TPSA) is 62.4 Å². The van der Waals surface area contributed by atoms with Crippen molar-refractivity contribution in [1.29, 1.82) is 0 Å². The molecule has 0 atom stereocenters. The van der Waals surface area contributed by atoms with E-state index in [1.807, 2.05) is 23.6 Å². The molecule has 2 N–H and O–H groups in total. The average molecular weight is 618 g/mol. The molecule has 0 radical (unpaired) electrons. The molecule has 5 nitrogen and oxygen atoms in total. The van der Waals surface area contributed by atoms with E-state index in [4.69, 9.17) is 4.74 Å². The van der Waals surface area contributed by atoms with E-state index in [0.29, 0.717) is 29.8 Å². The summed E-state index contributed by atoms with van der Waals surface area (Å²) in [4.78, 5) is 11.9. The number of carbonyl (C=O) groups is 1. The van der Waals surface area contributed by atoms with E-state index in [1.165, 1.54) is 0 Å². The number of carbonyl (C=O) groups excluding carboxylic acids is 1. The number of halogens is 6. The standard InChI is InChI=1S/C33H30F6N2O3/c1-4-23-20-41(19-22-5-15-28(16-6-22)40-30(42)44-21(2)3)18-17-29(23)31(43,24-7-11-26(12-8-24)32(34,35)36)25-9-13-27(14-10-25)33(37,38)39/h5-18,20-21,43H,4,19H2,1-3H3/p+1. The van der Waals surface area contributed by atoms with Crippen molar-refractivity contribution in [2.24, 2.45) is 0 Å². The summed E-state index contributed by atoms with van der Waals surface area (Å²) in [6, 6.07) is 16.6. The van der Waals surface area contributed by atoms with Gasteiger partial charge >= 0.3 is 18.4 Å². The average Bonchev–Trinajstić information content (AvgIpc) is 2.96. The zero-order valence-corrected chi connectivity index (χ0v) is 24.1. The van der Waals surface area contributed by atoms with Gasteiger partial charge in [-0.2, -0.15) is 26.3 Å². The Hall–Kier alpha value is -4.38. The number of aryl methyl sites for hydroxylation is 1. The second-order valence-corrected chi connectivity index (χ2v) is 10.5. The minimum atomic E-state index is -4.61. The maximum Gasteiger partial charge on any atom is 0.416 e. The van der Waals surface area contributed by atoms with Gasteiger partial charge in [0.25, 0.3) is 0 Å². The predicted octanol–water partition coefficient (Wildman–Crippen LogP) is 7.86. The summed E-state index contributed by atoms with van der Waals surface area (Å²) in [5, 5.41) is 14.9. The van der Waals surface area contributed by atoms with Crippen LogP contribution in [0, 0.1) is 0 Å². The van der Waals surface area contributed by atoms with Gasteiger partial charge in [-0.1, -0.05) is 43.3 Å². The zero-order chi connectivity index (χ0) is 32.3. The van der Waals surface area contributed by atoms with Crippen LogP contribution in [-0.2, 0) is 35.7 Å². The lowest BCUT2D eigenvalue weighted by molar-refractivity contribution is -0.688. The van der Waals surface area contributed by atoms with Gasteiger partial charge in [0, 0.05) is 28.4 Å². The summed E-state index contributed by atoms with van der Waals surface area (Å²) in [7, 11) is 0. The van der Waals surface area contributed by atoms with E-state index in [-0.39, 0.29) is 17.2 Å². The molecule has 0 unspecified atom stereocenters. The summed E-state index contributed by atoms with van der Waals surface area (Å²) in [6.07, 6.45) is -6.19. The maximum absolute atomic E-state index is 13.3. The third-order valence-corrected chi connectivity index (χ3v) is 7.04. The molecule has 4 aromatic rings. The van der Waals surface area contributed by atoms with Crippen molar-refractivity contribution in [3.05, 3.63) is 130 Å². The Morgan fingerprint density at radius 1 is 0.795 bits per heavy atom. The molecule has 0 bridgehead atoms. The fourth-order valence-corrected chi connectivity index (χ4v) is 4.87. The quantitative estimate of drug-likeness (QED) is 0.156. The van der Waals surface area contributed by atoms with Gasteiger partial charge in [-0.25, -0.2) is 9.36 Å². The Balaban J connectivity index is 1.71. The van der Waals surface area contributed by atoms with Crippen molar-refractivity contribution >= 4 is 11.8 Å². The van der Waals surface area contributed by atoms with Crippen LogP contribution in [0.25, 0.3) is 0 Å². The van der Waals surface area contributed by atoms with Gasteiger partial charge in [-0.3, -0.25) is 5.32 Å². The molecule has 3 aromatic carbocycles. The Morgan fingerprint density at radius 3 is 1.70 bits per heavy atom. The highest BCUT2D eigenvalue weighted by Crippen LogP contribution is 2.41. The van der Waals surface area contributed by atoms with Crippen LogP contribution in [-0.4, -0.2) is 17.3 Å². The molecule has 0 spiro atoms. The molecule has 0 aliphatic rings. The van der Waals surface area contributed by atoms with Crippen molar-refractivity contribution in [2.75, 3.05) is 5.32 Å². The molecule has 0 saturated carbocycles. The van der Waals surface area contributed by atoms with Gasteiger partial charge in [0.2, 0.25) is 0 Å². The number of nitrogens with one attached hydrogen (secondary N) is 1. The van der Waals surface area contributed by atoms with Crippen LogP contribution in [0.15, 0.2) is 91.3 Å². The van der Waals surface area contributed by atoms with Crippen molar-refractivity contribution in [2.45, 2.75) is 57.8 Å². The molecular weight excluding hydrogens is 586 g/mol. The summed E-state index contributed by atoms with van der Waals surface area (Å²) in [6.45, 7) is 5.72. The number of aromatic nitrogens is 1. The Kier molecular flexibility index (Phi) is 9.39. The summed E-state index contributed by atoms with van der Waals surface area (Å²) < 4.78 is 86.6. The number of alkyl halides is 6. The van der Waals surface area contributed by atoms with Crippen LogP contribution in [0.4, 0.5) is 36.8 Å². The highest BCUT2D eigenvalue weighted by Gasteiger charge is 2.39. The first kappa shape index (κ1) is 32.5. The molecule has 44 heavy (non-hydrogen) atoms. The number of amides is 1. The number of hydrogen-bond acceptors (Lipinski definition) is 3. The molecule has 1 amide bonds. The molecule has 0 aliphatic carbocycles. The SMILES string of the molecule is CCc1c[n+](Cc2ccc(NC(=O)OC(C)C)cc2)ccc1C(O)(c1ccc(C(F)(F)F)cc1)c1ccc(C(F)(F)F)cc1. The van der Waals surface area contributed by atoms with Crippen LogP contribution in [0.1, 0.15) is 59.7 Å². The van der Waals surface area contributed by atoms with Gasteiger partial charge < -0.3 is 9.84 Å². The number of nitrogens with zero attached hydrogens (tertiary/aromatic N) is 1. The van der Waals surface area contributed by atoms with Crippen LogP contribution < -0.4 is 9.88 Å². The lowest BCUT2D eigenvalue weighted by atomic mass is 9.78. The van der Waals surface area contributed by atoms with Crippen LogP contribution >= 0.6 is 0 Å². The number of aliphatic hydroxyl groups is 1. The van der Waals surface area contributed by atoms with Crippen molar-refractivity contribution < 1.29 is 45.5 Å². The monoisotopic (exact) mass is 617 g/mol. The van der Waals surface area contributed by atoms with Crippen LogP contribution in [0.3, 0.4) is 0 Å². The number of anilines is 1. The maximum atomic E-state index is 13.3. The second kappa shape index (κ2) is 12.7. The van der Waals surface area contributed by atoms with Gasteiger partial charge in [0.1, 0.15) is 5.60 Å². The smallest absolute Gasteiger partial charge is 0.416 e. The van der Waals surface area contributed by atoms with Crippen molar-refractivity contribution in [1.82, 2.24) is 0 Å². The van der Waals surface area contributed by atoms with Gasteiger partial charge in [-0.15, -0.1) is 0 Å². The molecule has 232 valence electrons. The number of pyridine rings is 1. The molecule has 0 aliphatic heterocycles. The van der Waals surface area contributed by atoms with Gasteiger partial charge in [0.05, 0.1) is 17.2 Å². The van der Waals surface area contributed by atoms with Gasteiger partial charge in [0.15, 0.2) is 18.9 Å². The van der Waals surface area contributed by atoms with E-state index < -0.39 is 35.2 Å². The Bertz CT molecular complexity index is 1520. The predicted molar refractivity (Wildman–Crippen MR) is 152 cm³/mol. The molecule has 4 rings (SSSR count). The fraction of sp³-hybridized carbons (Fsp3) is 0.273. The van der Waals surface area contributed by atoms with E-state index >= 15 is 0 Å². The number of hydrogen-bond donors (Lipinski definition) is 2. The van der Waals surface area contributed by atoms with Crippen LogP contribution in [0.2, 0.25) is 0 Å². The summed E-state index contributed by atoms with van der Waals surface area (Å²) >= 11 is 0. The number of ether oxygens (including phenoxy) is 1. The van der Waals surface area contributed by atoms with Gasteiger partial charge in [-0.05, 0) is 67.8 Å². The van der Waals surface area contributed by atoms with Crippen LogP contribution in [0.5, 0.6) is 0 Å². The van der Waals surface area contributed by atoms with E-state index in [0.717, 1.165) is 54.1 Å².